The molecule has 0 radical (unpaired) electrons. The van der Waals surface area contributed by atoms with Gasteiger partial charge in [0.15, 0.2) is 0 Å². The molecule has 1 aromatic carbocycles. The van der Waals surface area contributed by atoms with Gasteiger partial charge in [-0.25, -0.2) is 14.4 Å². The lowest BCUT2D eigenvalue weighted by Crippen LogP contribution is -1.99. The molecule has 4 nitrogen and oxygen atoms in total. The second kappa shape index (κ2) is 4.53. The molecule has 0 saturated carbocycles. The van der Waals surface area contributed by atoms with Crippen LogP contribution in [0.25, 0.3) is 16.9 Å². The third-order valence-electron chi connectivity index (χ3n) is 2.83. The zero-order valence-electron chi connectivity index (χ0n) is 9.99. The highest BCUT2D eigenvalue weighted by Gasteiger charge is 2.10. The number of aromatic nitrogens is 3. The monoisotopic (exact) mass is 254 g/mol. The largest absolute Gasteiger partial charge is 0.384 e. The Kier molecular flexibility index (Phi) is 2.72. The molecule has 3 aromatic rings. The van der Waals surface area contributed by atoms with Gasteiger partial charge in [0, 0.05) is 11.8 Å². The summed E-state index contributed by atoms with van der Waals surface area (Å²) >= 11 is 0. The van der Waals surface area contributed by atoms with Gasteiger partial charge in [0.05, 0.1) is 23.9 Å². The van der Waals surface area contributed by atoms with Crippen molar-refractivity contribution >= 4 is 5.82 Å². The minimum absolute atomic E-state index is 0.302. The smallest absolute Gasteiger partial charge is 0.147 e. The van der Waals surface area contributed by atoms with Gasteiger partial charge in [0.2, 0.25) is 0 Å². The van der Waals surface area contributed by atoms with Crippen molar-refractivity contribution in [1.82, 2.24) is 14.5 Å². The molecular weight excluding hydrogens is 243 g/mol. The zero-order chi connectivity index (χ0) is 13.2. The van der Waals surface area contributed by atoms with E-state index in [0.717, 1.165) is 11.3 Å². The van der Waals surface area contributed by atoms with Crippen LogP contribution < -0.4 is 5.73 Å². The fourth-order valence-electron chi connectivity index (χ4n) is 1.96. The predicted molar refractivity (Wildman–Crippen MR) is 71.2 cm³/mol. The van der Waals surface area contributed by atoms with E-state index in [9.17, 15) is 4.39 Å². The minimum Gasteiger partial charge on any atom is -0.384 e. The van der Waals surface area contributed by atoms with E-state index < -0.39 is 0 Å². The molecule has 3 rings (SSSR count). The number of imidazole rings is 1. The molecule has 0 atom stereocenters. The van der Waals surface area contributed by atoms with E-state index in [2.05, 4.69) is 9.97 Å². The summed E-state index contributed by atoms with van der Waals surface area (Å²) in [6.45, 7) is 0. The van der Waals surface area contributed by atoms with Crippen LogP contribution in [0.1, 0.15) is 0 Å². The van der Waals surface area contributed by atoms with Crippen molar-refractivity contribution in [1.29, 1.82) is 0 Å². The molecule has 0 amide bonds. The first-order valence-electron chi connectivity index (χ1n) is 5.75. The first-order chi connectivity index (χ1) is 9.25. The third kappa shape index (κ3) is 2.06. The third-order valence-corrected chi connectivity index (χ3v) is 2.83. The van der Waals surface area contributed by atoms with Gasteiger partial charge < -0.3 is 5.73 Å². The van der Waals surface area contributed by atoms with Crippen molar-refractivity contribution in [3.63, 3.8) is 0 Å². The number of hydrogen-bond donors (Lipinski definition) is 1. The molecule has 19 heavy (non-hydrogen) atoms. The molecule has 0 saturated heterocycles. The number of nitrogens with zero attached hydrogens (tertiary/aromatic N) is 3. The van der Waals surface area contributed by atoms with Crippen LogP contribution in [-0.4, -0.2) is 14.5 Å². The summed E-state index contributed by atoms with van der Waals surface area (Å²) in [5.74, 6) is 0.113. The summed E-state index contributed by atoms with van der Waals surface area (Å²) in [6.07, 6.45) is 4.86. The second-order valence-electron chi connectivity index (χ2n) is 4.07. The first-order valence-corrected chi connectivity index (χ1v) is 5.75. The van der Waals surface area contributed by atoms with Crippen LogP contribution in [-0.2, 0) is 0 Å². The molecule has 0 fully saturated rings. The summed E-state index contributed by atoms with van der Waals surface area (Å²) < 4.78 is 15.5. The van der Waals surface area contributed by atoms with Gasteiger partial charge in [0.1, 0.15) is 11.6 Å². The van der Waals surface area contributed by atoms with Crippen LogP contribution in [0.5, 0.6) is 0 Å². The summed E-state index contributed by atoms with van der Waals surface area (Å²) in [7, 11) is 0. The second-order valence-corrected chi connectivity index (χ2v) is 4.07. The standard InChI is InChI=1S/C14H11FN4/c15-11-3-1-2-4-12(11)19-9-17-8-13(19)10-5-6-18-14(16)7-10/h1-9H,(H2,16,18). The number of halogens is 1. The SMILES string of the molecule is Nc1cc(-c2cncn2-c2ccccc2F)ccn1. The number of benzene rings is 1. The van der Waals surface area contributed by atoms with Crippen LogP contribution in [0.15, 0.2) is 55.1 Å². The maximum absolute atomic E-state index is 13.8. The van der Waals surface area contributed by atoms with E-state index in [-0.39, 0.29) is 5.82 Å². The van der Waals surface area contributed by atoms with Gasteiger partial charge in [-0.15, -0.1) is 0 Å². The van der Waals surface area contributed by atoms with E-state index >= 15 is 0 Å². The molecular formula is C14H11FN4. The van der Waals surface area contributed by atoms with Crippen LogP contribution in [0.2, 0.25) is 0 Å². The number of nitrogens with two attached hydrogens (primary N) is 1. The van der Waals surface area contributed by atoms with Crippen molar-refractivity contribution in [2.75, 3.05) is 5.73 Å². The fraction of sp³-hybridized carbons (Fsp3) is 0. The summed E-state index contributed by atoms with van der Waals surface area (Å²) in [5.41, 5.74) is 7.72. The minimum atomic E-state index is -0.302. The van der Waals surface area contributed by atoms with Gasteiger partial charge >= 0.3 is 0 Å². The Morgan fingerprint density at radius 3 is 2.79 bits per heavy atom. The maximum Gasteiger partial charge on any atom is 0.147 e. The molecule has 0 bridgehead atoms. The molecule has 0 aliphatic heterocycles. The molecule has 94 valence electrons. The molecule has 0 aliphatic carbocycles. The summed E-state index contributed by atoms with van der Waals surface area (Å²) in [6, 6.07) is 10.1. The zero-order valence-corrected chi connectivity index (χ0v) is 9.99. The molecule has 2 aromatic heterocycles. The quantitative estimate of drug-likeness (QED) is 0.764. The molecule has 5 heteroatoms. The molecule has 0 unspecified atom stereocenters. The number of pyridine rings is 1. The number of anilines is 1. The van der Waals surface area contributed by atoms with Gasteiger partial charge in [-0.2, -0.15) is 0 Å². The van der Waals surface area contributed by atoms with E-state index in [4.69, 9.17) is 5.73 Å². The van der Waals surface area contributed by atoms with Crippen molar-refractivity contribution in [2.45, 2.75) is 0 Å². The highest BCUT2D eigenvalue weighted by atomic mass is 19.1. The number of hydrogen-bond acceptors (Lipinski definition) is 3. The lowest BCUT2D eigenvalue weighted by molar-refractivity contribution is 0.618. The Bertz CT molecular complexity index is 721. The average Bonchev–Trinajstić information content (AvgIpc) is 2.88. The van der Waals surface area contributed by atoms with Crippen molar-refractivity contribution < 1.29 is 4.39 Å². The van der Waals surface area contributed by atoms with Crippen molar-refractivity contribution in [3.8, 4) is 16.9 Å². The first kappa shape index (κ1) is 11.4. The Labute approximate surface area is 109 Å². The predicted octanol–water partition coefficient (Wildman–Crippen LogP) is 2.66. The lowest BCUT2D eigenvalue weighted by Gasteiger charge is -2.09. The summed E-state index contributed by atoms with van der Waals surface area (Å²) in [4.78, 5) is 8.02. The highest BCUT2D eigenvalue weighted by molar-refractivity contribution is 5.64. The van der Waals surface area contributed by atoms with E-state index in [1.807, 2.05) is 6.07 Å². The van der Waals surface area contributed by atoms with Crippen LogP contribution >= 0.6 is 0 Å². The highest BCUT2D eigenvalue weighted by Crippen LogP contribution is 2.24. The fourth-order valence-corrected chi connectivity index (χ4v) is 1.96. The normalized spacial score (nSPS) is 10.6. The Morgan fingerprint density at radius 1 is 1.16 bits per heavy atom. The topological polar surface area (TPSA) is 56.7 Å². The molecule has 0 aliphatic rings. The number of para-hydroxylation sites is 1. The number of rotatable bonds is 2. The van der Waals surface area contributed by atoms with Crippen molar-refractivity contribution in [2.24, 2.45) is 0 Å². The lowest BCUT2D eigenvalue weighted by atomic mass is 10.2. The maximum atomic E-state index is 13.8. The Balaban J connectivity index is 2.16. The molecule has 2 heterocycles. The van der Waals surface area contributed by atoms with E-state index in [1.54, 1.807) is 47.6 Å². The Morgan fingerprint density at radius 2 is 2.00 bits per heavy atom. The van der Waals surface area contributed by atoms with E-state index in [0.29, 0.717) is 11.5 Å². The van der Waals surface area contributed by atoms with Crippen LogP contribution in [0.3, 0.4) is 0 Å². The molecule has 0 spiro atoms. The van der Waals surface area contributed by atoms with E-state index in [1.165, 1.54) is 6.07 Å². The van der Waals surface area contributed by atoms with Gasteiger partial charge in [-0.1, -0.05) is 12.1 Å². The van der Waals surface area contributed by atoms with Gasteiger partial charge in [0.25, 0.3) is 0 Å². The number of nitrogen functional groups attached to an aromatic ring is 1. The average molecular weight is 254 g/mol. The van der Waals surface area contributed by atoms with Crippen LogP contribution in [0.4, 0.5) is 10.2 Å². The molecule has 2 N–H and O–H groups in total. The van der Waals surface area contributed by atoms with Crippen LogP contribution in [0, 0.1) is 5.82 Å². The van der Waals surface area contributed by atoms with Gasteiger partial charge in [-0.05, 0) is 24.3 Å². The van der Waals surface area contributed by atoms with Crippen molar-refractivity contribution in [3.05, 3.63) is 60.9 Å². The Hall–Kier alpha value is -2.69. The summed E-state index contributed by atoms with van der Waals surface area (Å²) in [5, 5.41) is 0. The van der Waals surface area contributed by atoms with Gasteiger partial charge in [-0.3, -0.25) is 4.57 Å².